The van der Waals surface area contributed by atoms with Gasteiger partial charge in [-0.2, -0.15) is 13.2 Å². The van der Waals surface area contributed by atoms with E-state index in [1.165, 1.54) is 12.1 Å². The standard InChI is InChI=1S/C16H15F3N2O/c1-11(13-3-2-8-20-10-13)21-15(22)9-12-4-6-14(7-5-12)16(17,18)19/h2-8,10-11H,9H2,1H3,(H,21,22). The van der Waals surface area contributed by atoms with Gasteiger partial charge in [0.25, 0.3) is 0 Å². The Morgan fingerprint density at radius 3 is 2.45 bits per heavy atom. The first-order valence-electron chi connectivity index (χ1n) is 6.71. The van der Waals surface area contributed by atoms with Crippen LogP contribution in [0.25, 0.3) is 0 Å². The quantitative estimate of drug-likeness (QED) is 0.939. The highest BCUT2D eigenvalue weighted by atomic mass is 19.4. The second-order valence-electron chi connectivity index (χ2n) is 4.95. The number of carbonyl (C=O) groups excluding carboxylic acids is 1. The topological polar surface area (TPSA) is 42.0 Å². The van der Waals surface area contributed by atoms with Crippen LogP contribution >= 0.6 is 0 Å². The van der Waals surface area contributed by atoms with Gasteiger partial charge < -0.3 is 5.32 Å². The summed E-state index contributed by atoms with van der Waals surface area (Å²) in [5.74, 6) is -0.254. The maximum Gasteiger partial charge on any atom is 0.416 e. The molecule has 1 aromatic carbocycles. The number of nitrogens with zero attached hydrogens (tertiary/aromatic N) is 1. The molecule has 0 aliphatic carbocycles. The van der Waals surface area contributed by atoms with E-state index in [9.17, 15) is 18.0 Å². The van der Waals surface area contributed by atoms with Gasteiger partial charge in [-0.3, -0.25) is 9.78 Å². The third-order valence-corrected chi connectivity index (χ3v) is 3.21. The van der Waals surface area contributed by atoms with Crippen molar-refractivity contribution in [2.24, 2.45) is 0 Å². The number of hydrogen-bond acceptors (Lipinski definition) is 2. The van der Waals surface area contributed by atoms with E-state index in [1.54, 1.807) is 18.5 Å². The number of nitrogens with one attached hydrogen (secondary N) is 1. The van der Waals surface area contributed by atoms with Crippen LogP contribution in [0.3, 0.4) is 0 Å². The summed E-state index contributed by atoms with van der Waals surface area (Å²) < 4.78 is 37.4. The average Bonchev–Trinajstić information content (AvgIpc) is 2.47. The monoisotopic (exact) mass is 308 g/mol. The van der Waals surface area contributed by atoms with E-state index in [-0.39, 0.29) is 18.4 Å². The Morgan fingerprint density at radius 2 is 1.91 bits per heavy atom. The minimum Gasteiger partial charge on any atom is -0.349 e. The normalized spacial score (nSPS) is 12.7. The van der Waals surface area contributed by atoms with Gasteiger partial charge in [0, 0.05) is 12.4 Å². The van der Waals surface area contributed by atoms with Crippen LogP contribution in [0, 0.1) is 0 Å². The number of halogens is 3. The molecule has 6 heteroatoms. The van der Waals surface area contributed by atoms with Crippen LogP contribution < -0.4 is 5.32 Å². The fraction of sp³-hybridized carbons (Fsp3) is 0.250. The number of alkyl halides is 3. The lowest BCUT2D eigenvalue weighted by Gasteiger charge is -2.14. The highest BCUT2D eigenvalue weighted by Crippen LogP contribution is 2.29. The fourth-order valence-electron chi connectivity index (χ4n) is 2.00. The van der Waals surface area contributed by atoms with Gasteiger partial charge in [0.05, 0.1) is 18.0 Å². The average molecular weight is 308 g/mol. The highest BCUT2D eigenvalue weighted by molar-refractivity contribution is 5.79. The zero-order valence-corrected chi connectivity index (χ0v) is 11.9. The Balaban J connectivity index is 1.95. The molecule has 2 aromatic rings. The van der Waals surface area contributed by atoms with Gasteiger partial charge in [-0.05, 0) is 36.2 Å². The number of carbonyl (C=O) groups is 1. The van der Waals surface area contributed by atoms with Crippen molar-refractivity contribution < 1.29 is 18.0 Å². The smallest absolute Gasteiger partial charge is 0.349 e. The van der Waals surface area contributed by atoms with Crippen LogP contribution in [0.1, 0.15) is 29.7 Å². The molecule has 22 heavy (non-hydrogen) atoms. The summed E-state index contributed by atoms with van der Waals surface area (Å²) in [5.41, 5.74) is 0.674. The van der Waals surface area contributed by atoms with Crippen molar-refractivity contribution in [1.82, 2.24) is 10.3 Å². The first-order chi connectivity index (χ1) is 10.4. The number of hydrogen-bond donors (Lipinski definition) is 1. The van der Waals surface area contributed by atoms with Gasteiger partial charge in [0.2, 0.25) is 5.91 Å². The molecular formula is C16H15F3N2O. The second-order valence-corrected chi connectivity index (χ2v) is 4.95. The molecule has 0 saturated heterocycles. The van der Waals surface area contributed by atoms with Gasteiger partial charge in [-0.15, -0.1) is 0 Å². The number of rotatable bonds is 4. The molecule has 3 nitrogen and oxygen atoms in total. The van der Waals surface area contributed by atoms with Crippen LogP contribution in [-0.2, 0) is 17.4 Å². The first kappa shape index (κ1) is 16.0. The molecule has 1 aromatic heterocycles. The number of benzene rings is 1. The summed E-state index contributed by atoms with van der Waals surface area (Å²) in [6.45, 7) is 1.82. The van der Waals surface area contributed by atoms with E-state index in [1.807, 2.05) is 13.0 Å². The maximum absolute atomic E-state index is 12.5. The second kappa shape index (κ2) is 6.60. The lowest BCUT2D eigenvalue weighted by atomic mass is 10.1. The SMILES string of the molecule is CC(NC(=O)Cc1ccc(C(F)(F)F)cc1)c1cccnc1. The Labute approximate surface area is 126 Å². The molecule has 1 amide bonds. The molecule has 0 bridgehead atoms. The molecule has 1 N–H and O–H groups in total. The van der Waals surface area contributed by atoms with Crippen LogP contribution in [0.4, 0.5) is 13.2 Å². The molecule has 0 radical (unpaired) electrons. The molecule has 0 spiro atoms. The van der Waals surface area contributed by atoms with Crippen LogP contribution in [0.2, 0.25) is 0 Å². The van der Waals surface area contributed by atoms with Gasteiger partial charge in [0.15, 0.2) is 0 Å². The summed E-state index contributed by atoms with van der Waals surface area (Å²) in [4.78, 5) is 15.9. The summed E-state index contributed by atoms with van der Waals surface area (Å²) in [6, 6.07) is 7.99. The Morgan fingerprint density at radius 1 is 1.23 bits per heavy atom. The van der Waals surface area contributed by atoms with E-state index in [0.29, 0.717) is 5.56 Å². The van der Waals surface area contributed by atoms with E-state index < -0.39 is 11.7 Å². The predicted molar refractivity (Wildman–Crippen MR) is 75.9 cm³/mol. The Hall–Kier alpha value is -2.37. The molecule has 1 unspecified atom stereocenters. The zero-order chi connectivity index (χ0) is 16.2. The molecule has 2 rings (SSSR count). The molecule has 0 aliphatic rings. The summed E-state index contributed by atoms with van der Waals surface area (Å²) >= 11 is 0. The third-order valence-electron chi connectivity index (χ3n) is 3.21. The summed E-state index contributed by atoms with van der Waals surface area (Å²) in [7, 11) is 0. The molecule has 1 atom stereocenters. The van der Waals surface area contributed by atoms with E-state index in [0.717, 1.165) is 17.7 Å². The van der Waals surface area contributed by atoms with Crippen molar-refractivity contribution in [2.45, 2.75) is 25.6 Å². The van der Waals surface area contributed by atoms with Gasteiger partial charge in [-0.1, -0.05) is 18.2 Å². The van der Waals surface area contributed by atoms with Crippen molar-refractivity contribution in [3.8, 4) is 0 Å². The Kier molecular flexibility index (Phi) is 4.80. The molecule has 116 valence electrons. The number of aromatic nitrogens is 1. The third kappa shape index (κ3) is 4.31. The van der Waals surface area contributed by atoms with Gasteiger partial charge in [0.1, 0.15) is 0 Å². The Bertz CT molecular complexity index is 624. The minimum absolute atomic E-state index is 0.0305. The van der Waals surface area contributed by atoms with E-state index >= 15 is 0 Å². The lowest BCUT2D eigenvalue weighted by Crippen LogP contribution is -2.28. The fourth-order valence-corrected chi connectivity index (χ4v) is 2.00. The largest absolute Gasteiger partial charge is 0.416 e. The van der Waals surface area contributed by atoms with Crippen LogP contribution in [0.15, 0.2) is 48.8 Å². The van der Waals surface area contributed by atoms with Crippen molar-refractivity contribution in [2.75, 3.05) is 0 Å². The lowest BCUT2D eigenvalue weighted by molar-refractivity contribution is -0.137. The van der Waals surface area contributed by atoms with Crippen LogP contribution in [-0.4, -0.2) is 10.9 Å². The molecule has 1 heterocycles. The van der Waals surface area contributed by atoms with Crippen molar-refractivity contribution >= 4 is 5.91 Å². The molecular weight excluding hydrogens is 293 g/mol. The number of pyridine rings is 1. The van der Waals surface area contributed by atoms with Gasteiger partial charge >= 0.3 is 6.18 Å². The predicted octanol–water partition coefficient (Wildman–Crippen LogP) is 3.52. The van der Waals surface area contributed by atoms with Crippen molar-refractivity contribution in [3.63, 3.8) is 0 Å². The molecule has 0 fully saturated rings. The summed E-state index contributed by atoms with van der Waals surface area (Å²) in [5, 5.41) is 2.79. The van der Waals surface area contributed by atoms with Crippen molar-refractivity contribution in [1.29, 1.82) is 0 Å². The maximum atomic E-state index is 12.5. The minimum atomic E-state index is -4.37. The summed E-state index contributed by atoms with van der Waals surface area (Å²) in [6.07, 6.45) is -1.04. The van der Waals surface area contributed by atoms with Crippen molar-refractivity contribution in [3.05, 3.63) is 65.5 Å². The van der Waals surface area contributed by atoms with Crippen LogP contribution in [0.5, 0.6) is 0 Å². The van der Waals surface area contributed by atoms with E-state index in [2.05, 4.69) is 10.3 Å². The zero-order valence-electron chi connectivity index (χ0n) is 11.9. The highest BCUT2D eigenvalue weighted by Gasteiger charge is 2.29. The van der Waals surface area contributed by atoms with Gasteiger partial charge in [-0.25, -0.2) is 0 Å². The molecule has 0 aliphatic heterocycles. The number of amides is 1. The first-order valence-corrected chi connectivity index (χ1v) is 6.71. The van der Waals surface area contributed by atoms with E-state index in [4.69, 9.17) is 0 Å². The molecule has 0 saturated carbocycles.